The van der Waals surface area contributed by atoms with E-state index in [4.69, 9.17) is 0 Å². The second kappa shape index (κ2) is 6.10. The summed E-state index contributed by atoms with van der Waals surface area (Å²) in [5, 5.41) is 3.62. The SMILES string of the molecule is CC(=O)N[C@H]1CCCC[C@@H]1Sc1ccccc1. The normalized spacial score (nSPS) is 24.3. The maximum atomic E-state index is 11.2. The molecule has 0 aromatic heterocycles. The summed E-state index contributed by atoms with van der Waals surface area (Å²) in [6, 6.07) is 10.8. The lowest BCUT2D eigenvalue weighted by Crippen LogP contribution is -2.42. The van der Waals surface area contributed by atoms with Gasteiger partial charge in [-0.3, -0.25) is 4.79 Å². The standard InChI is InChI=1S/C14H19NOS/c1-11(16)15-13-9-5-6-10-14(13)17-12-7-3-2-4-8-12/h2-4,7-8,13-14H,5-6,9-10H2,1H3,(H,15,16)/t13-,14-/m0/s1. The fraction of sp³-hybridized carbons (Fsp3) is 0.500. The molecule has 1 aliphatic carbocycles. The zero-order valence-electron chi connectivity index (χ0n) is 10.2. The minimum Gasteiger partial charge on any atom is -0.352 e. The number of benzene rings is 1. The van der Waals surface area contributed by atoms with Crippen molar-refractivity contribution in [3.8, 4) is 0 Å². The Morgan fingerprint density at radius 2 is 1.94 bits per heavy atom. The van der Waals surface area contributed by atoms with Gasteiger partial charge in [-0.1, -0.05) is 31.0 Å². The molecule has 2 atom stereocenters. The van der Waals surface area contributed by atoms with E-state index in [0.29, 0.717) is 11.3 Å². The molecule has 3 heteroatoms. The van der Waals surface area contributed by atoms with E-state index in [-0.39, 0.29) is 5.91 Å². The van der Waals surface area contributed by atoms with Crippen molar-refractivity contribution in [2.75, 3.05) is 0 Å². The predicted octanol–water partition coefficient (Wildman–Crippen LogP) is 3.23. The molecule has 1 amide bonds. The van der Waals surface area contributed by atoms with Gasteiger partial charge in [-0.05, 0) is 25.0 Å². The van der Waals surface area contributed by atoms with Gasteiger partial charge in [0.05, 0.1) is 0 Å². The van der Waals surface area contributed by atoms with Gasteiger partial charge in [0.25, 0.3) is 0 Å². The van der Waals surface area contributed by atoms with Crippen molar-refractivity contribution in [3.05, 3.63) is 30.3 Å². The van der Waals surface area contributed by atoms with E-state index in [1.54, 1.807) is 6.92 Å². The van der Waals surface area contributed by atoms with Crippen LogP contribution in [0.1, 0.15) is 32.6 Å². The second-order valence-corrected chi connectivity index (χ2v) is 5.87. The molecule has 1 N–H and O–H groups in total. The van der Waals surface area contributed by atoms with Crippen LogP contribution in [0.5, 0.6) is 0 Å². The van der Waals surface area contributed by atoms with Gasteiger partial charge in [0.15, 0.2) is 0 Å². The van der Waals surface area contributed by atoms with Gasteiger partial charge in [0.1, 0.15) is 0 Å². The highest BCUT2D eigenvalue weighted by atomic mass is 32.2. The summed E-state index contributed by atoms with van der Waals surface area (Å²) in [4.78, 5) is 12.5. The Hall–Kier alpha value is -0.960. The highest BCUT2D eigenvalue weighted by Gasteiger charge is 2.26. The second-order valence-electron chi connectivity index (χ2n) is 4.56. The van der Waals surface area contributed by atoms with Crippen molar-refractivity contribution in [1.29, 1.82) is 0 Å². The van der Waals surface area contributed by atoms with Gasteiger partial charge in [0, 0.05) is 23.1 Å². The van der Waals surface area contributed by atoms with Gasteiger partial charge in [-0.2, -0.15) is 0 Å². The molecule has 0 aliphatic heterocycles. The van der Waals surface area contributed by atoms with Crippen LogP contribution >= 0.6 is 11.8 Å². The Bertz CT molecular complexity index is 366. The third-order valence-electron chi connectivity index (χ3n) is 3.12. The van der Waals surface area contributed by atoms with Crippen LogP contribution in [0.3, 0.4) is 0 Å². The molecule has 1 fully saturated rings. The highest BCUT2D eigenvalue weighted by Crippen LogP contribution is 2.33. The van der Waals surface area contributed by atoms with Gasteiger partial charge >= 0.3 is 0 Å². The average Bonchev–Trinajstić information content (AvgIpc) is 2.32. The van der Waals surface area contributed by atoms with Crippen LogP contribution < -0.4 is 5.32 Å². The minimum absolute atomic E-state index is 0.0931. The largest absolute Gasteiger partial charge is 0.352 e. The zero-order chi connectivity index (χ0) is 12.1. The number of rotatable bonds is 3. The van der Waals surface area contributed by atoms with E-state index in [9.17, 15) is 4.79 Å². The Kier molecular flexibility index (Phi) is 4.49. The van der Waals surface area contributed by atoms with E-state index in [2.05, 4.69) is 29.6 Å². The topological polar surface area (TPSA) is 29.1 Å². The third-order valence-corrected chi connectivity index (χ3v) is 4.53. The lowest BCUT2D eigenvalue weighted by Gasteiger charge is -2.31. The third kappa shape index (κ3) is 3.77. The Morgan fingerprint density at radius 3 is 2.65 bits per heavy atom. The van der Waals surface area contributed by atoms with Crippen LogP contribution in [-0.2, 0) is 4.79 Å². The van der Waals surface area contributed by atoms with E-state index in [1.807, 2.05) is 17.8 Å². The lowest BCUT2D eigenvalue weighted by atomic mass is 9.95. The molecule has 0 radical (unpaired) electrons. The molecule has 1 aliphatic rings. The summed E-state index contributed by atoms with van der Waals surface area (Å²) in [7, 11) is 0. The first-order valence-corrected chi connectivity index (χ1v) is 7.12. The van der Waals surface area contributed by atoms with Crippen molar-refractivity contribution in [2.45, 2.75) is 48.8 Å². The molecular formula is C14H19NOS. The molecule has 1 aromatic carbocycles. The summed E-state index contributed by atoms with van der Waals surface area (Å²) in [6.07, 6.45) is 4.83. The molecule has 2 rings (SSSR count). The maximum absolute atomic E-state index is 11.2. The number of carbonyl (C=O) groups is 1. The molecule has 0 unspecified atom stereocenters. The maximum Gasteiger partial charge on any atom is 0.217 e. The van der Waals surface area contributed by atoms with Crippen LogP contribution in [0.4, 0.5) is 0 Å². The predicted molar refractivity (Wildman–Crippen MR) is 72.2 cm³/mol. The quantitative estimate of drug-likeness (QED) is 0.891. The van der Waals surface area contributed by atoms with Gasteiger partial charge in [0.2, 0.25) is 5.91 Å². The Balaban J connectivity index is 1.99. The van der Waals surface area contributed by atoms with Gasteiger partial charge in [-0.15, -0.1) is 11.8 Å². The zero-order valence-corrected chi connectivity index (χ0v) is 11.0. The fourth-order valence-corrected chi connectivity index (χ4v) is 3.65. The summed E-state index contributed by atoms with van der Waals surface area (Å²) in [6.45, 7) is 1.61. The van der Waals surface area contributed by atoms with E-state index in [0.717, 1.165) is 6.42 Å². The molecule has 2 nitrogen and oxygen atoms in total. The monoisotopic (exact) mass is 249 g/mol. The number of amides is 1. The minimum atomic E-state index is 0.0931. The molecule has 17 heavy (non-hydrogen) atoms. The van der Waals surface area contributed by atoms with Crippen LogP contribution in [0, 0.1) is 0 Å². The molecule has 0 saturated heterocycles. The molecule has 1 aromatic rings. The van der Waals surface area contributed by atoms with Gasteiger partial charge < -0.3 is 5.32 Å². The highest BCUT2D eigenvalue weighted by molar-refractivity contribution is 8.00. The molecule has 1 saturated carbocycles. The van der Waals surface area contributed by atoms with Crippen molar-refractivity contribution >= 4 is 17.7 Å². The van der Waals surface area contributed by atoms with Gasteiger partial charge in [-0.25, -0.2) is 0 Å². The summed E-state index contributed by atoms with van der Waals surface area (Å²) in [5.41, 5.74) is 0. The van der Waals surface area contributed by atoms with Crippen LogP contribution in [0.2, 0.25) is 0 Å². The summed E-state index contributed by atoms with van der Waals surface area (Å²) < 4.78 is 0. The van der Waals surface area contributed by atoms with E-state index < -0.39 is 0 Å². The van der Waals surface area contributed by atoms with Crippen molar-refractivity contribution in [3.63, 3.8) is 0 Å². The fourth-order valence-electron chi connectivity index (χ4n) is 2.34. The van der Waals surface area contributed by atoms with E-state index >= 15 is 0 Å². The first kappa shape index (κ1) is 12.5. The lowest BCUT2D eigenvalue weighted by molar-refractivity contribution is -0.119. The molecule has 92 valence electrons. The number of hydrogen-bond acceptors (Lipinski definition) is 2. The number of nitrogens with one attached hydrogen (secondary N) is 1. The van der Waals surface area contributed by atoms with Crippen molar-refractivity contribution in [1.82, 2.24) is 5.32 Å². The number of carbonyl (C=O) groups excluding carboxylic acids is 1. The van der Waals surface area contributed by atoms with E-state index in [1.165, 1.54) is 24.2 Å². The number of thioether (sulfide) groups is 1. The summed E-state index contributed by atoms with van der Waals surface area (Å²) in [5.74, 6) is 0.0931. The molecular weight excluding hydrogens is 230 g/mol. The molecule has 0 heterocycles. The summed E-state index contributed by atoms with van der Waals surface area (Å²) >= 11 is 1.90. The molecule has 0 spiro atoms. The first-order chi connectivity index (χ1) is 8.25. The molecule has 0 bridgehead atoms. The van der Waals surface area contributed by atoms with Crippen LogP contribution in [0.25, 0.3) is 0 Å². The Labute approximate surface area is 107 Å². The average molecular weight is 249 g/mol. The smallest absolute Gasteiger partial charge is 0.217 e. The van der Waals surface area contributed by atoms with Crippen molar-refractivity contribution in [2.24, 2.45) is 0 Å². The van der Waals surface area contributed by atoms with Crippen molar-refractivity contribution < 1.29 is 4.79 Å². The Morgan fingerprint density at radius 1 is 1.24 bits per heavy atom. The first-order valence-electron chi connectivity index (χ1n) is 6.24. The van der Waals surface area contributed by atoms with Crippen LogP contribution in [-0.4, -0.2) is 17.2 Å². The van der Waals surface area contributed by atoms with Crippen LogP contribution in [0.15, 0.2) is 35.2 Å². The number of hydrogen-bond donors (Lipinski definition) is 1.